The molecule has 0 aromatic heterocycles. The maximum Gasteiger partial charge on any atom is 0.243 e. The molecule has 2 rings (SSSR count). The second-order valence-electron chi connectivity index (χ2n) is 9.09. The number of rotatable bonds is 9. The van der Waals surface area contributed by atoms with Gasteiger partial charge >= 0.3 is 0 Å². The fourth-order valence-electron chi connectivity index (χ4n) is 3.54. The molecule has 174 valence electrons. The molecule has 6 heteroatoms. The van der Waals surface area contributed by atoms with Gasteiger partial charge in [0.05, 0.1) is 0 Å². The van der Waals surface area contributed by atoms with Gasteiger partial charge in [-0.3, -0.25) is 9.59 Å². The van der Waals surface area contributed by atoms with Crippen LogP contribution in [0.3, 0.4) is 0 Å². The number of hydrogen-bond acceptors (Lipinski definition) is 2. The molecule has 0 fully saturated rings. The van der Waals surface area contributed by atoms with E-state index in [9.17, 15) is 9.59 Å². The molecular formula is C26H34Cl2N2O2. The molecule has 1 atom stereocenters. The fraction of sp³-hybridized carbons (Fsp3) is 0.462. The molecule has 0 unspecified atom stereocenters. The minimum atomic E-state index is -0.587. The van der Waals surface area contributed by atoms with E-state index in [-0.39, 0.29) is 18.4 Å². The van der Waals surface area contributed by atoms with Crippen LogP contribution in [0.1, 0.15) is 64.2 Å². The summed E-state index contributed by atoms with van der Waals surface area (Å²) in [6, 6.07) is 12.9. The molecule has 4 nitrogen and oxygen atoms in total. The van der Waals surface area contributed by atoms with Gasteiger partial charge < -0.3 is 10.2 Å². The maximum absolute atomic E-state index is 13.4. The molecule has 0 spiro atoms. The van der Waals surface area contributed by atoms with Crippen molar-refractivity contribution in [2.75, 3.05) is 0 Å². The number of carbonyl (C=O) groups excluding carboxylic acids is 2. The summed E-state index contributed by atoms with van der Waals surface area (Å²) in [6.45, 7) is 10.1. The van der Waals surface area contributed by atoms with Crippen LogP contribution < -0.4 is 5.32 Å². The molecular weight excluding hydrogens is 443 g/mol. The summed E-state index contributed by atoms with van der Waals surface area (Å²) in [5.74, 6) is -0.239. The Balaban J connectivity index is 2.25. The summed E-state index contributed by atoms with van der Waals surface area (Å²) in [4.78, 5) is 28.1. The van der Waals surface area contributed by atoms with Gasteiger partial charge in [-0.05, 0) is 68.9 Å². The number of carbonyl (C=O) groups is 2. The minimum Gasteiger partial charge on any atom is -0.350 e. The number of aryl methyl sites for hydroxylation is 2. The third-order valence-electron chi connectivity index (χ3n) is 5.30. The van der Waals surface area contributed by atoms with Crippen LogP contribution in [0, 0.1) is 0 Å². The zero-order valence-corrected chi connectivity index (χ0v) is 21.2. The molecule has 2 aromatic rings. The van der Waals surface area contributed by atoms with Crippen molar-refractivity contribution >= 4 is 35.0 Å². The van der Waals surface area contributed by atoms with Gasteiger partial charge in [-0.25, -0.2) is 0 Å². The molecule has 2 amide bonds. The standard InChI is InChI=1S/C26H34Cl2N2O2/c1-6-18-8-10-19(11-9-18)12-15-24(31)30(17-20-13-14-21(27)16-22(20)28)23(7-2)25(32)29-26(3,4)5/h8-11,13-14,16,23H,6-7,12,15,17H2,1-5H3,(H,29,32)/t23-/m1/s1. The lowest BCUT2D eigenvalue weighted by Crippen LogP contribution is -2.53. The highest BCUT2D eigenvalue weighted by atomic mass is 35.5. The zero-order chi connectivity index (χ0) is 23.9. The highest BCUT2D eigenvalue weighted by Crippen LogP contribution is 2.24. The van der Waals surface area contributed by atoms with E-state index in [0.717, 1.165) is 17.5 Å². The Morgan fingerprint density at radius 1 is 1.00 bits per heavy atom. The summed E-state index contributed by atoms with van der Waals surface area (Å²) < 4.78 is 0. The predicted octanol–water partition coefficient (Wildman–Crippen LogP) is 6.21. The Bertz CT molecular complexity index is 920. The predicted molar refractivity (Wildman–Crippen MR) is 133 cm³/mol. The number of hydrogen-bond donors (Lipinski definition) is 1. The average molecular weight is 477 g/mol. The van der Waals surface area contributed by atoms with Crippen molar-refractivity contribution in [3.05, 3.63) is 69.2 Å². The van der Waals surface area contributed by atoms with Gasteiger partial charge in [0.25, 0.3) is 0 Å². The number of nitrogens with one attached hydrogen (secondary N) is 1. The highest BCUT2D eigenvalue weighted by molar-refractivity contribution is 6.35. The van der Waals surface area contributed by atoms with Crippen LogP contribution in [0.4, 0.5) is 0 Å². The van der Waals surface area contributed by atoms with E-state index in [1.165, 1.54) is 5.56 Å². The van der Waals surface area contributed by atoms with Crippen LogP contribution in [0.2, 0.25) is 10.0 Å². The van der Waals surface area contributed by atoms with E-state index in [0.29, 0.717) is 29.3 Å². The molecule has 0 aliphatic rings. The van der Waals surface area contributed by atoms with Gasteiger partial charge in [0.2, 0.25) is 11.8 Å². The fourth-order valence-corrected chi connectivity index (χ4v) is 4.01. The van der Waals surface area contributed by atoms with Crippen molar-refractivity contribution < 1.29 is 9.59 Å². The third kappa shape index (κ3) is 7.83. The quantitative estimate of drug-likeness (QED) is 0.467. The zero-order valence-electron chi connectivity index (χ0n) is 19.7. The van der Waals surface area contributed by atoms with Crippen molar-refractivity contribution in [3.8, 4) is 0 Å². The van der Waals surface area contributed by atoms with Crippen molar-refractivity contribution in [2.45, 2.75) is 78.4 Å². The molecule has 0 heterocycles. The molecule has 0 aliphatic heterocycles. The van der Waals surface area contributed by atoms with Crippen molar-refractivity contribution in [1.82, 2.24) is 10.2 Å². The summed E-state index contributed by atoms with van der Waals surface area (Å²) in [5, 5.41) is 4.03. The Morgan fingerprint density at radius 2 is 1.62 bits per heavy atom. The molecule has 0 saturated carbocycles. The van der Waals surface area contributed by atoms with Crippen LogP contribution in [-0.2, 0) is 29.0 Å². The normalized spacial score (nSPS) is 12.3. The van der Waals surface area contributed by atoms with E-state index in [4.69, 9.17) is 23.2 Å². The average Bonchev–Trinajstić information content (AvgIpc) is 2.72. The smallest absolute Gasteiger partial charge is 0.243 e. The van der Waals surface area contributed by atoms with Gasteiger partial charge in [0, 0.05) is 28.5 Å². The molecule has 0 aliphatic carbocycles. The third-order valence-corrected chi connectivity index (χ3v) is 5.89. The first kappa shape index (κ1) is 26.2. The van der Waals surface area contributed by atoms with E-state index < -0.39 is 11.6 Å². The molecule has 1 N–H and O–H groups in total. The number of benzene rings is 2. The Labute approximate surface area is 202 Å². The van der Waals surface area contributed by atoms with Gasteiger partial charge in [0.15, 0.2) is 0 Å². The number of halogens is 2. The largest absolute Gasteiger partial charge is 0.350 e. The molecule has 0 saturated heterocycles. The number of nitrogens with zero attached hydrogens (tertiary/aromatic N) is 1. The van der Waals surface area contributed by atoms with Crippen molar-refractivity contribution in [1.29, 1.82) is 0 Å². The van der Waals surface area contributed by atoms with Crippen LogP contribution in [0.25, 0.3) is 0 Å². The minimum absolute atomic E-state index is 0.0773. The highest BCUT2D eigenvalue weighted by Gasteiger charge is 2.30. The molecule has 0 bridgehead atoms. The molecule has 2 aromatic carbocycles. The second kappa shape index (κ2) is 11.7. The first-order valence-corrected chi connectivity index (χ1v) is 11.9. The van der Waals surface area contributed by atoms with Gasteiger partial charge in [-0.15, -0.1) is 0 Å². The summed E-state index contributed by atoms with van der Waals surface area (Å²) in [7, 11) is 0. The Hall–Kier alpha value is -2.04. The van der Waals surface area contributed by atoms with Crippen LogP contribution in [-0.4, -0.2) is 28.3 Å². The summed E-state index contributed by atoms with van der Waals surface area (Å²) >= 11 is 12.4. The van der Waals surface area contributed by atoms with Gasteiger partial charge in [-0.2, -0.15) is 0 Å². The number of amides is 2. The monoisotopic (exact) mass is 476 g/mol. The van der Waals surface area contributed by atoms with Gasteiger partial charge in [-0.1, -0.05) is 67.4 Å². The van der Waals surface area contributed by atoms with Crippen molar-refractivity contribution in [2.24, 2.45) is 0 Å². The van der Waals surface area contributed by atoms with E-state index in [1.54, 1.807) is 17.0 Å². The van der Waals surface area contributed by atoms with Crippen LogP contribution in [0.15, 0.2) is 42.5 Å². The van der Waals surface area contributed by atoms with Gasteiger partial charge in [0.1, 0.15) is 6.04 Å². The van der Waals surface area contributed by atoms with E-state index in [2.05, 4.69) is 36.5 Å². The van der Waals surface area contributed by atoms with E-state index >= 15 is 0 Å². The summed E-state index contributed by atoms with van der Waals surface area (Å²) in [6.07, 6.45) is 2.42. The Morgan fingerprint density at radius 3 is 2.16 bits per heavy atom. The topological polar surface area (TPSA) is 49.4 Å². The Kier molecular flexibility index (Phi) is 9.60. The van der Waals surface area contributed by atoms with Crippen molar-refractivity contribution in [3.63, 3.8) is 0 Å². The summed E-state index contributed by atoms with van der Waals surface area (Å²) in [5.41, 5.74) is 2.74. The molecule has 32 heavy (non-hydrogen) atoms. The maximum atomic E-state index is 13.4. The molecule has 0 radical (unpaired) electrons. The SMILES string of the molecule is CCc1ccc(CCC(=O)N(Cc2ccc(Cl)cc2Cl)[C@H](CC)C(=O)NC(C)(C)C)cc1. The lowest BCUT2D eigenvalue weighted by Gasteiger charge is -2.33. The first-order chi connectivity index (χ1) is 15.0. The first-order valence-electron chi connectivity index (χ1n) is 11.2. The van der Waals surface area contributed by atoms with Crippen LogP contribution >= 0.6 is 23.2 Å². The van der Waals surface area contributed by atoms with Crippen LogP contribution in [0.5, 0.6) is 0 Å². The lowest BCUT2D eigenvalue weighted by atomic mass is 10.0. The lowest BCUT2D eigenvalue weighted by molar-refractivity contribution is -0.142. The second-order valence-corrected chi connectivity index (χ2v) is 9.93. The van der Waals surface area contributed by atoms with E-state index in [1.807, 2.05) is 33.8 Å².